The van der Waals surface area contributed by atoms with Crippen LogP contribution in [0.2, 0.25) is 0 Å². The van der Waals surface area contributed by atoms with Gasteiger partial charge in [-0.05, 0) is 35.9 Å². The lowest BCUT2D eigenvalue weighted by Crippen LogP contribution is -2.02. The second-order valence-electron chi connectivity index (χ2n) is 5.88. The van der Waals surface area contributed by atoms with Gasteiger partial charge in [0.2, 0.25) is 0 Å². The summed E-state index contributed by atoms with van der Waals surface area (Å²) in [6.45, 7) is 0.703. The minimum atomic E-state index is 0.509. The highest BCUT2D eigenvalue weighted by atomic mass is 16.5. The Bertz CT molecular complexity index is 1020. The van der Waals surface area contributed by atoms with E-state index in [1.807, 2.05) is 42.7 Å². The van der Waals surface area contributed by atoms with Gasteiger partial charge in [0.1, 0.15) is 11.6 Å². The number of nitrogens with zero attached hydrogens (tertiary/aromatic N) is 3. The van der Waals surface area contributed by atoms with Crippen LogP contribution in [0.3, 0.4) is 0 Å². The Hall–Kier alpha value is -3.34. The minimum absolute atomic E-state index is 0.509. The first-order valence-corrected chi connectivity index (χ1v) is 8.03. The van der Waals surface area contributed by atoms with Gasteiger partial charge in [-0.2, -0.15) is 0 Å². The Labute approximate surface area is 145 Å². The fraction of sp³-hybridized carbons (Fsp3) is 0.100. The molecule has 1 aromatic carbocycles. The molecule has 0 saturated carbocycles. The molecule has 0 amide bonds. The van der Waals surface area contributed by atoms with E-state index < -0.39 is 0 Å². The standard InChI is InChI=1S/C20H18N4O/c1-25-17-6-2-4-14(8-17)13-24-18(15-5-3-7-22-11-15)9-16-12-23-20(21)10-19(16)24/h2-12H,13H2,1H3,(H2,21,23). The highest BCUT2D eigenvalue weighted by Gasteiger charge is 2.12. The van der Waals surface area contributed by atoms with Crippen LogP contribution in [-0.2, 0) is 6.54 Å². The molecule has 4 rings (SSSR count). The summed E-state index contributed by atoms with van der Waals surface area (Å²) >= 11 is 0. The van der Waals surface area contributed by atoms with Gasteiger partial charge in [-0.1, -0.05) is 12.1 Å². The number of aromatic nitrogens is 3. The number of hydrogen-bond acceptors (Lipinski definition) is 4. The molecule has 0 fully saturated rings. The summed E-state index contributed by atoms with van der Waals surface area (Å²) in [5, 5.41) is 1.05. The molecule has 0 aliphatic rings. The van der Waals surface area contributed by atoms with Crippen LogP contribution in [0.15, 0.2) is 67.1 Å². The maximum absolute atomic E-state index is 5.92. The van der Waals surface area contributed by atoms with Crippen molar-refractivity contribution in [3.8, 4) is 17.0 Å². The predicted octanol–water partition coefficient (Wildman–Crippen LogP) is 3.74. The van der Waals surface area contributed by atoms with Gasteiger partial charge in [-0.15, -0.1) is 0 Å². The lowest BCUT2D eigenvalue weighted by Gasteiger charge is -2.12. The van der Waals surface area contributed by atoms with Gasteiger partial charge in [-0.25, -0.2) is 4.98 Å². The molecule has 0 atom stereocenters. The summed E-state index contributed by atoms with van der Waals surface area (Å²) < 4.78 is 7.58. The van der Waals surface area contributed by atoms with Crippen LogP contribution < -0.4 is 10.5 Å². The Balaban J connectivity index is 1.89. The zero-order valence-corrected chi connectivity index (χ0v) is 13.9. The van der Waals surface area contributed by atoms with Crippen LogP contribution in [-0.4, -0.2) is 21.6 Å². The Morgan fingerprint density at radius 2 is 2.00 bits per heavy atom. The third kappa shape index (κ3) is 2.92. The predicted molar refractivity (Wildman–Crippen MR) is 99.5 cm³/mol. The average molecular weight is 330 g/mol. The third-order valence-electron chi connectivity index (χ3n) is 4.24. The van der Waals surface area contributed by atoms with Crippen LogP contribution in [0, 0.1) is 0 Å². The maximum Gasteiger partial charge on any atom is 0.125 e. The first-order chi connectivity index (χ1) is 12.2. The van der Waals surface area contributed by atoms with E-state index in [4.69, 9.17) is 10.5 Å². The molecule has 4 aromatic rings. The number of rotatable bonds is 4. The van der Waals surface area contributed by atoms with E-state index in [9.17, 15) is 0 Å². The molecule has 25 heavy (non-hydrogen) atoms. The zero-order chi connectivity index (χ0) is 17.2. The molecule has 2 N–H and O–H groups in total. The van der Waals surface area contributed by atoms with Crippen molar-refractivity contribution >= 4 is 16.7 Å². The third-order valence-corrected chi connectivity index (χ3v) is 4.24. The van der Waals surface area contributed by atoms with Crippen molar-refractivity contribution < 1.29 is 4.74 Å². The van der Waals surface area contributed by atoms with Crippen LogP contribution in [0.25, 0.3) is 22.2 Å². The summed E-state index contributed by atoms with van der Waals surface area (Å²) in [4.78, 5) is 8.47. The number of fused-ring (bicyclic) bond motifs is 1. The molecule has 0 saturated heterocycles. The second kappa shape index (κ2) is 6.28. The van der Waals surface area contributed by atoms with Crippen LogP contribution in [0.5, 0.6) is 5.75 Å². The van der Waals surface area contributed by atoms with Gasteiger partial charge in [-0.3, -0.25) is 4.98 Å². The van der Waals surface area contributed by atoms with Gasteiger partial charge in [0.05, 0.1) is 18.3 Å². The number of nitrogen functional groups attached to an aromatic ring is 1. The van der Waals surface area contributed by atoms with E-state index in [-0.39, 0.29) is 0 Å². The topological polar surface area (TPSA) is 66.0 Å². The number of nitrogens with two attached hydrogens (primary N) is 1. The molecule has 3 heterocycles. The maximum atomic E-state index is 5.92. The molecular weight excluding hydrogens is 312 g/mol. The van der Waals surface area contributed by atoms with Crippen LogP contribution >= 0.6 is 0 Å². The van der Waals surface area contributed by atoms with E-state index in [0.29, 0.717) is 12.4 Å². The lowest BCUT2D eigenvalue weighted by molar-refractivity contribution is 0.414. The summed E-state index contributed by atoms with van der Waals surface area (Å²) in [5.74, 6) is 1.35. The Kier molecular flexibility index (Phi) is 3.82. The van der Waals surface area contributed by atoms with E-state index in [1.165, 1.54) is 0 Å². The number of benzene rings is 1. The molecule has 5 heteroatoms. The highest BCUT2D eigenvalue weighted by molar-refractivity contribution is 5.87. The van der Waals surface area contributed by atoms with E-state index >= 15 is 0 Å². The lowest BCUT2D eigenvalue weighted by atomic mass is 10.2. The number of anilines is 1. The number of ether oxygens (including phenoxy) is 1. The first-order valence-electron chi connectivity index (χ1n) is 8.03. The summed E-state index contributed by atoms with van der Waals surface area (Å²) in [7, 11) is 1.68. The number of hydrogen-bond donors (Lipinski definition) is 1. The molecular formula is C20H18N4O. The molecule has 5 nitrogen and oxygen atoms in total. The smallest absolute Gasteiger partial charge is 0.125 e. The molecule has 3 aromatic heterocycles. The molecule has 124 valence electrons. The molecule has 0 unspecified atom stereocenters. The quantitative estimate of drug-likeness (QED) is 0.619. The average Bonchev–Trinajstić information content (AvgIpc) is 3.00. The number of methoxy groups -OCH3 is 1. The minimum Gasteiger partial charge on any atom is -0.497 e. The van der Waals surface area contributed by atoms with Crippen molar-refractivity contribution in [3.63, 3.8) is 0 Å². The zero-order valence-electron chi connectivity index (χ0n) is 13.9. The summed E-state index contributed by atoms with van der Waals surface area (Å²) in [6, 6.07) is 16.1. The van der Waals surface area contributed by atoms with E-state index in [1.54, 1.807) is 13.3 Å². The van der Waals surface area contributed by atoms with Crippen molar-refractivity contribution in [2.75, 3.05) is 12.8 Å². The summed E-state index contributed by atoms with van der Waals surface area (Å²) in [5.41, 5.74) is 10.3. The van der Waals surface area contributed by atoms with Gasteiger partial charge < -0.3 is 15.0 Å². The molecule has 0 aliphatic carbocycles. The monoisotopic (exact) mass is 330 g/mol. The van der Waals surface area contributed by atoms with Crippen molar-refractivity contribution in [2.45, 2.75) is 6.54 Å². The van der Waals surface area contributed by atoms with Crippen LogP contribution in [0.1, 0.15) is 5.56 Å². The van der Waals surface area contributed by atoms with Crippen molar-refractivity contribution in [1.29, 1.82) is 0 Å². The van der Waals surface area contributed by atoms with Gasteiger partial charge >= 0.3 is 0 Å². The van der Waals surface area contributed by atoms with Gasteiger partial charge in [0.15, 0.2) is 0 Å². The fourth-order valence-electron chi connectivity index (χ4n) is 3.05. The fourth-order valence-corrected chi connectivity index (χ4v) is 3.05. The van der Waals surface area contributed by atoms with Gasteiger partial charge in [0, 0.05) is 42.2 Å². The Morgan fingerprint density at radius 1 is 1.08 bits per heavy atom. The summed E-state index contributed by atoms with van der Waals surface area (Å²) in [6.07, 6.45) is 5.46. The normalized spacial score (nSPS) is 10.9. The molecule has 0 radical (unpaired) electrons. The molecule has 0 aliphatic heterocycles. The Morgan fingerprint density at radius 3 is 2.80 bits per heavy atom. The van der Waals surface area contributed by atoms with E-state index in [2.05, 4.69) is 32.7 Å². The first kappa shape index (κ1) is 15.2. The van der Waals surface area contributed by atoms with Gasteiger partial charge in [0.25, 0.3) is 0 Å². The second-order valence-corrected chi connectivity index (χ2v) is 5.88. The van der Waals surface area contributed by atoms with Crippen molar-refractivity contribution in [2.24, 2.45) is 0 Å². The molecule has 0 spiro atoms. The largest absolute Gasteiger partial charge is 0.497 e. The molecule has 0 bridgehead atoms. The van der Waals surface area contributed by atoms with E-state index in [0.717, 1.165) is 33.5 Å². The SMILES string of the molecule is COc1cccc(Cn2c(-c3cccnc3)cc3cnc(N)cc32)c1. The van der Waals surface area contributed by atoms with Crippen molar-refractivity contribution in [1.82, 2.24) is 14.5 Å². The van der Waals surface area contributed by atoms with Crippen molar-refractivity contribution in [3.05, 3.63) is 72.7 Å². The highest BCUT2D eigenvalue weighted by Crippen LogP contribution is 2.29. The number of pyridine rings is 2. The van der Waals surface area contributed by atoms with Crippen LogP contribution in [0.4, 0.5) is 5.82 Å².